The summed E-state index contributed by atoms with van der Waals surface area (Å²) in [4.78, 5) is 11.4. The molecule has 1 rings (SSSR count). The Hall–Kier alpha value is -1.95. The Morgan fingerprint density at radius 3 is 2.79 bits per heavy atom. The Kier molecular flexibility index (Phi) is 3.14. The Labute approximate surface area is 82.9 Å². The molecule has 0 spiro atoms. The maximum atomic E-state index is 11.4. The number of nitrogens with two attached hydrogens (primary N) is 1. The number of para-hydroxylation sites is 1. The quantitative estimate of drug-likeness (QED) is 0.435. The minimum atomic E-state index is -0.540. The first-order valence-corrected chi connectivity index (χ1v) is 4.16. The van der Waals surface area contributed by atoms with Crippen molar-refractivity contribution in [3.63, 3.8) is 0 Å². The van der Waals surface area contributed by atoms with Crippen LogP contribution < -0.4 is 5.73 Å². The Morgan fingerprint density at radius 1 is 1.57 bits per heavy atom. The number of esters is 1. The van der Waals surface area contributed by atoms with Crippen molar-refractivity contribution in [2.75, 3.05) is 5.73 Å². The van der Waals surface area contributed by atoms with E-state index in [-0.39, 0.29) is 0 Å². The van der Waals surface area contributed by atoms with Gasteiger partial charge in [-0.1, -0.05) is 18.1 Å². The van der Waals surface area contributed by atoms with Crippen molar-refractivity contribution in [3.8, 4) is 12.3 Å². The lowest BCUT2D eigenvalue weighted by Crippen LogP contribution is -2.14. The van der Waals surface area contributed by atoms with E-state index in [1.54, 1.807) is 31.2 Å². The van der Waals surface area contributed by atoms with Crippen molar-refractivity contribution < 1.29 is 9.53 Å². The van der Waals surface area contributed by atoms with Crippen LogP contribution in [0.2, 0.25) is 0 Å². The molecule has 1 aromatic rings. The Balaban J connectivity index is 2.81. The van der Waals surface area contributed by atoms with Crippen LogP contribution in [0, 0.1) is 12.3 Å². The van der Waals surface area contributed by atoms with Gasteiger partial charge in [-0.25, -0.2) is 4.79 Å². The van der Waals surface area contributed by atoms with Gasteiger partial charge in [-0.3, -0.25) is 0 Å². The molecule has 0 bridgehead atoms. The molecule has 0 aliphatic carbocycles. The molecule has 72 valence electrons. The van der Waals surface area contributed by atoms with Crippen LogP contribution in [-0.2, 0) is 4.74 Å². The van der Waals surface area contributed by atoms with Gasteiger partial charge in [0.05, 0.1) is 5.56 Å². The topological polar surface area (TPSA) is 52.3 Å². The third-order valence-corrected chi connectivity index (χ3v) is 1.70. The maximum absolute atomic E-state index is 11.4. The van der Waals surface area contributed by atoms with Crippen LogP contribution in [0.5, 0.6) is 0 Å². The Morgan fingerprint density at radius 2 is 2.21 bits per heavy atom. The van der Waals surface area contributed by atoms with E-state index in [1.165, 1.54) is 0 Å². The third kappa shape index (κ3) is 2.27. The summed E-state index contributed by atoms with van der Waals surface area (Å²) in [6.45, 7) is 1.62. The van der Waals surface area contributed by atoms with Gasteiger partial charge in [0.1, 0.15) is 0 Å². The number of benzene rings is 1. The first-order chi connectivity index (χ1) is 6.65. The van der Waals surface area contributed by atoms with E-state index in [0.29, 0.717) is 11.3 Å². The minimum absolute atomic E-state index is 0.342. The number of carbonyl (C=O) groups is 1. The second-order valence-corrected chi connectivity index (χ2v) is 2.80. The molecule has 0 fully saturated rings. The SMILES string of the molecule is C#C[C@H](C)OC(=O)c1ccccc1N. The van der Waals surface area contributed by atoms with Crippen LogP contribution in [0.25, 0.3) is 0 Å². The second-order valence-electron chi connectivity index (χ2n) is 2.80. The molecule has 0 heterocycles. The average molecular weight is 189 g/mol. The number of hydrogen-bond donors (Lipinski definition) is 1. The molecule has 2 N–H and O–H groups in total. The van der Waals surface area contributed by atoms with Crippen molar-refractivity contribution >= 4 is 11.7 Å². The molecule has 0 amide bonds. The van der Waals surface area contributed by atoms with Crippen molar-refractivity contribution in [3.05, 3.63) is 29.8 Å². The highest BCUT2D eigenvalue weighted by molar-refractivity contribution is 5.95. The maximum Gasteiger partial charge on any atom is 0.341 e. The van der Waals surface area contributed by atoms with Gasteiger partial charge in [0.25, 0.3) is 0 Å². The molecule has 14 heavy (non-hydrogen) atoms. The zero-order valence-electron chi connectivity index (χ0n) is 7.86. The fourth-order valence-electron chi connectivity index (χ4n) is 0.941. The summed E-state index contributed by atoms with van der Waals surface area (Å²) in [5, 5.41) is 0. The van der Waals surface area contributed by atoms with E-state index >= 15 is 0 Å². The summed E-state index contributed by atoms with van der Waals surface area (Å²) >= 11 is 0. The van der Waals surface area contributed by atoms with Gasteiger partial charge in [0.2, 0.25) is 0 Å². The van der Waals surface area contributed by atoms with Gasteiger partial charge in [0, 0.05) is 5.69 Å². The standard InChI is InChI=1S/C11H11NO2/c1-3-8(2)14-11(13)9-6-4-5-7-10(9)12/h1,4-8H,12H2,2H3/t8-/m0/s1. The summed E-state index contributed by atoms with van der Waals surface area (Å²) in [5.41, 5.74) is 6.32. The Bertz CT molecular complexity index is 379. The lowest BCUT2D eigenvalue weighted by Gasteiger charge is -2.08. The second kappa shape index (κ2) is 4.33. The molecule has 0 radical (unpaired) electrons. The molecule has 1 aromatic carbocycles. The van der Waals surface area contributed by atoms with Crippen LogP contribution in [0.15, 0.2) is 24.3 Å². The minimum Gasteiger partial charge on any atom is -0.446 e. The van der Waals surface area contributed by atoms with Crippen LogP contribution in [-0.4, -0.2) is 12.1 Å². The predicted octanol–water partition coefficient (Wildman–Crippen LogP) is 1.45. The van der Waals surface area contributed by atoms with Gasteiger partial charge >= 0.3 is 5.97 Å². The van der Waals surface area contributed by atoms with Crippen LogP contribution in [0.3, 0.4) is 0 Å². The molecule has 0 unspecified atom stereocenters. The van der Waals surface area contributed by atoms with Crippen LogP contribution in [0.1, 0.15) is 17.3 Å². The van der Waals surface area contributed by atoms with E-state index in [1.807, 2.05) is 0 Å². The number of ether oxygens (including phenoxy) is 1. The highest BCUT2D eigenvalue weighted by Gasteiger charge is 2.12. The molecule has 3 heteroatoms. The summed E-state index contributed by atoms with van der Waals surface area (Å²) in [5.74, 6) is 1.81. The number of anilines is 1. The first-order valence-electron chi connectivity index (χ1n) is 4.16. The molecule has 0 aliphatic rings. The van der Waals surface area contributed by atoms with Crippen molar-refractivity contribution in [2.45, 2.75) is 13.0 Å². The molecule has 0 saturated heterocycles. The van der Waals surface area contributed by atoms with Crippen LogP contribution in [0.4, 0.5) is 5.69 Å². The van der Waals surface area contributed by atoms with Gasteiger partial charge in [-0.15, -0.1) is 6.42 Å². The molecule has 3 nitrogen and oxygen atoms in total. The largest absolute Gasteiger partial charge is 0.446 e. The molecule has 0 aromatic heterocycles. The van der Waals surface area contributed by atoms with E-state index in [4.69, 9.17) is 16.9 Å². The highest BCUT2D eigenvalue weighted by atomic mass is 16.5. The molecular formula is C11H11NO2. The van der Waals surface area contributed by atoms with E-state index in [9.17, 15) is 4.79 Å². The van der Waals surface area contributed by atoms with E-state index in [2.05, 4.69) is 5.92 Å². The summed E-state index contributed by atoms with van der Waals surface area (Å²) in [7, 11) is 0. The number of terminal acetylenes is 1. The zero-order chi connectivity index (χ0) is 10.6. The number of carbonyl (C=O) groups excluding carboxylic acids is 1. The summed E-state index contributed by atoms with van der Waals surface area (Å²) < 4.78 is 4.91. The fraction of sp³-hybridized carbons (Fsp3) is 0.182. The monoisotopic (exact) mass is 189 g/mol. The van der Waals surface area contributed by atoms with Crippen molar-refractivity contribution in [2.24, 2.45) is 0 Å². The van der Waals surface area contributed by atoms with Gasteiger partial charge in [0.15, 0.2) is 6.10 Å². The fourth-order valence-corrected chi connectivity index (χ4v) is 0.941. The van der Waals surface area contributed by atoms with E-state index < -0.39 is 12.1 Å². The third-order valence-electron chi connectivity index (χ3n) is 1.70. The molecule has 0 saturated carbocycles. The lowest BCUT2D eigenvalue weighted by molar-refractivity contribution is 0.0440. The smallest absolute Gasteiger partial charge is 0.341 e. The normalized spacial score (nSPS) is 11.4. The van der Waals surface area contributed by atoms with Gasteiger partial charge in [-0.05, 0) is 19.1 Å². The van der Waals surface area contributed by atoms with Crippen LogP contribution >= 0.6 is 0 Å². The zero-order valence-corrected chi connectivity index (χ0v) is 7.86. The number of hydrogen-bond acceptors (Lipinski definition) is 3. The summed E-state index contributed by atoms with van der Waals surface area (Å²) in [6, 6.07) is 6.70. The lowest BCUT2D eigenvalue weighted by atomic mass is 10.2. The van der Waals surface area contributed by atoms with Crippen molar-refractivity contribution in [1.29, 1.82) is 0 Å². The van der Waals surface area contributed by atoms with Gasteiger partial charge in [-0.2, -0.15) is 0 Å². The number of nitrogen functional groups attached to an aromatic ring is 1. The summed E-state index contributed by atoms with van der Waals surface area (Å²) in [6.07, 6.45) is 4.54. The molecule has 1 atom stereocenters. The number of rotatable bonds is 2. The molecular weight excluding hydrogens is 178 g/mol. The first kappa shape index (κ1) is 10.1. The average Bonchev–Trinajstić information content (AvgIpc) is 2.18. The van der Waals surface area contributed by atoms with Gasteiger partial charge < -0.3 is 10.5 Å². The molecule has 0 aliphatic heterocycles. The highest BCUT2D eigenvalue weighted by Crippen LogP contribution is 2.12. The van der Waals surface area contributed by atoms with Crippen molar-refractivity contribution in [1.82, 2.24) is 0 Å². The van der Waals surface area contributed by atoms with E-state index in [0.717, 1.165) is 0 Å². The predicted molar refractivity (Wildman–Crippen MR) is 54.6 cm³/mol.